The molecule has 1 aliphatic carbocycles. The number of aromatic amines is 1. The van der Waals surface area contributed by atoms with Crippen LogP contribution in [0.4, 0.5) is 16.4 Å². The van der Waals surface area contributed by atoms with Crippen molar-refractivity contribution < 1.29 is 14.3 Å². The SMILES string of the molecule is CC(C)NC(=O)O[C@@H]1CC[C@H](c2cc(Nc3cnc(CC(N)=O)cn3)n[nH]2)C1. The summed E-state index contributed by atoms with van der Waals surface area (Å²) < 4.78 is 5.46. The van der Waals surface area contributed by atoms with Gasteiger partial charge in [0.15, 0.2) is 5.82 Å². The van der Waals surface area contributed by atoms with E-state index in [1.165, 1.54) is 12.4 Å². The molecule has 28 heavy (non-hydrogen) atoms. The van der Waals surface area contributed by atoms with Crippen molar-refractivity contribution >= 4 is 23.6 Å². The van der Waals surface area contributed by atoms with Gasteiger partial charge in [0.05, 0.1) is 24.5 Å². The Labute approximate surface area is 162 Å². The van der Waals surface area contributed by atoms with Crippen LogP contribution >= 0.6 is 0 Å². The van der Waals surface area contributed by atoms with Gasteiger partial charge in [0.2, 0.25) is 5.91 Å². The standard InChI is InChI=1S/C18H25N7O3/c1-10(2)22-18(27)28-13-4-3-11(5-13)14-7-16(25-24-14)23-17-9-20-12(8-21-17)6-15(19)26/h7-11,13H,3-6H2,1-2H3,(H2,19,26)(H,22,27)(H2,21,23,24,25)/t11-,13+/m0/s1. The Morgan fingerprint density at radius 3 is 2.79 bits per heavy atom. The molecule has 0 aliphatic heterocycles. The zero-order chi connectivity index (χ0) is 20.1. The van der Waals surface area contributed by atoms with E-state index in [1.807, 2.05) is 19.9 Å². The molecule has 0 saturated heterocycles. The molecule has 2 aromatic heterocycles. The molecule has 3 rings (SSSR count). The van der Waals surface area contributed by atoms with Crippen molar-refractivity contribution in [1.82, 2.24) is 25.5 Å². The van der Waals surface area contributed by atoms with Gasteiger partial charge in [-0.3, -0.25) is 14.9 Å². The van der Waals surface area contributed by atoms with Crippen LogP contribution in [0.15, 0.2) is 18.5 Å². The molecular weight excluding hydrogens is 362 g/mol. The van der Waals surface area contributed by atoms with E-state index in [0.29, 0.717) is 17.3 Å². The molecule has 0 spiro atoms. The number of aromatic nitrogens is 4. The average Bonchev–Trinajstić information content (AvgIpc) is 3.25. The summed E-state index contributed by atoms with van der Waals surface area (Å²) >= 11 is 0. The number of alkyl carbamates (subject to hydrolysis) is 1. The number of nitrogens with one attached hydrogen (secondary N) is 3. The van der Waals surface area contributed by atoms with E-state index in [2.05, 4.69) is 30.8 Å². The molecular formula is C18H25N7O3. The van der Waals surface area contributed by atoms with Crippen LogP contribution in [-0.2, 0) is 16.0 Å². The van der Waals surface area contributed by atoms with Crippen LogP contribution in [0, 0.1) is 0 Å². The van der Waals surface area contributed by atoms with Crippen molar-refractivity contribution in [3.05, 3.63) is 29.8 Å². The summed E-state index contributed by atoms with van der Waals surface area (Å²) in [4.78, 5) is 31.0. The fraction of sp³-hybridized carbons (Fsp3) is 0.500. The summed E-state index contributed by atoms with van der Waals surface area (Å²) in [6, 6.07) is 1.97. The van der Waals surface area contributed by atoms with Crippen LogP contribution in [-0.4, -0.2) is 44.3 Å². The number of anilines is 2. The van der Waals surface area contributed by atoms with Crippen molar-refractivity contribution in [3.63, 3.8) is 0 Å². The Balaban J connectivity index is 1.53. The third kappa shape index (κ3) is 5.41. The number of H-pyrrole nitrogens is 1. The van der Waals surface area contributed by atoms with Crippen LogP contribution in [0.25, 0.3) is 0 Å². The predicted molar refractivity (Wildman–Crippen MR) is 102 cm³/mol. The monoisotopic (exact) mass is 387 g/mol. The summed E-state index contributed by atoms with van der Waals surface area (Å²) in [5, 5.41) is 13.1. The number of amides is 2. The van der Waals surface area contributed by atoms with Crippen LogP contribution in [0.3, 0.4) is 0 Å². The fourth-order valence-electron chi connectivity index (χ4n) is 3.18. The van der Waals surface area contributed by atoms with Crippen molar-refractivity contribution in [1.29, 1.82) is 0 Å². The van der Waals surface area contributed by atoms with Crippen molar-refractivity contribution in [2.45, 2.75) is 57.6 Å². The maximum absolute atomic E-state index is 11.7. The molecule has 150 valence electrons. The highest BCUT2D eigenvalue weighted by atomic mass is 16.6. The van der Waals surface area contributed by atoms with Gasteiger partial charge in [0.25, 0.3) is 0 Å². The molecule has 10 heteroatoms. The van der Waals surface area contributed by atoms with Crippen LogP contribution in [0.5, 0.6) is 0 Å². The van der Waals surface area contributed by atoms with Gasteiger partial charge in [-0.05, 0) is 33.1 Å². The summed E-state index contributed by atoms with van der Waals surface area (Å²) in [7, 11) is 0. The number of hydrogen-bond donors (Lipinski definition) is 4. The largest absolute Gasteiger partial charge is 0.446 e. The molecule has 0 bridgehead atoms. The van der Waals surface area contributed by atoms with Crippen molar-refractivity contribution in [2.24, 2.45) is 5.73 Å². The van der Waals surface area contributed by atoms with Crippen LogP contribution < -0.4 is 16.4 Å². The second-order valence-corrected chi connectivity index (χ2v) is 7.21. The van der Waals surface area contributed by atoms with Gasteiger partial charge in [-0.25, -0.2) is 9.78 Å². The average molecular weight is 387 g/mol. The minimum atomic E-state index is -0.451. The number of hydrogen-bond acceptors (Lipinski definition) is 7. The van der Waals surface area contributed by atoms with Gasteiger partial charge in [0.1, 0.15) is 11.9 Å². The Bertz CT molecular complexity index is 819. The second-order valence-electron chi connectivity index (χ2n) is 7.21. The molecule has 0 unspecified atom stereocenters. The first-order valence-corrected chi connectivity index (χ1v) is 9.27. The van der Waals surface area contributed by atoms with E-state index in [0.717, 1.165) is 25.0 Å². The Kier molecular flexibility index (Phi) is 6.07. The Hall–Kier alpha value is -3.17. The van der Waals surface area contributed by atoms with Crippen molar-refractivity contribution in [3.8, 4) is 0 Å². The summed E-state index contributed by atoms with van der Waals surface area (Å²) in [6.07, 6.45) is 5.13. The molecule has 1 fully saturated rings. The first-order valence-electron chi connectivity index (χ1n) is 9.27. The number of ether oxygens (including phenoxy) is 1. The first-order chi connectivity index (χ1) is 13.4. The number of carbonyl (C=O) groups excluding carboxylic acids is 2. The molecule has 0 radical (unpaired) electrons. The fourth-order valence-corrected chi connectivity index (χ4v) is 3.18. The van der Waals surface area contributed by atoms with E-state index in [-0.39, 0.29) is 30.6 Å². The maximum Gasteiger partial charge on any atom is 0.407 e. The van der Waals surface area contributed by atoms with E-state index in [4.69, 9.17) is 10.5 Å². The maximum atomic E-state index is 11.7. The number of nitrogens with zero attached hydrogens (tertiary/aromatic N) is 3. The van der Waals surface area contributed by atoms with Gasteiger partial charge in [-0.2, -0.15) is 5.10 Å². The smallest absolute Gasteiger partial charge is 0.407 e. The Morgan fingerprint density at radius 2 is 2.11 bits per heavy atom. The van der Waals surface area contributed by atoms with Gasteiger partial charge >= 0.3 is 6.09 Å². The highest BCUT2D eigenvalue weighted by Crippen LogP contribution is 2.36. The normalized spacial score (nSPS) is 18.8. The van der Waals surface area contributed by atoms with E-state index >= 15 is 0 Å². The third-order valence-corrected chi connectivity index (χ3v) is 4.42. The Morgan fingerprint density at radius 1 is 1.29 bits per heavy atom. The lowest BCUT2D eigenvalue weighted by Gasteiger charge is -2.14. The second kappa shape index (κ2) is 8.68. The predicted octanol–water partition coefficient (Wildman–Crippen LogP) is 1.74. The minimum absolute atomic E-state index is 0.0545. The van der Waals surface area contributed by atoms with Crippen molar-refractivity contribution in [2.75, 3.05) is 5.32 Å². The lowest BCUT2D eigenvalue weighted by molar-refractivity contribution is -0.117. The number of rotatable bonds is 7. The molecule has 5 N–H and O–H groups in total. The lowest BCUT2D eigenvalue weighted by Crippen LogP contribution is -2.33. The van der Waals surface area contributed by atoms with Crippen LogP contribution in [0.2, 0.25) is 0 Å². The van der Waals surface area contributed by atoms with E-state index in [9.17, 15) is 9.59 Å². The molecule has 2 amide bonds. The van der Waals surface area contributed by atoms with E-state index in [1.54, 1.807) is 0 Å². The molecule has 2 heterocycles. The van der Waals surface area contributed by atoms with Gasteiger partial charge in [-0.1, -0.05) is 0 Å². The molecule has 2 aromatic rings. The summed E-state index contributed by atoms with van der Waals surface area (Å²) in [5.41, 5.74) is 6.63. The minimum Gasteiger partial charge on any atom is -0.446 e. The molecule has 0 aromatic carbocycles. The summed E-state index contributed by atoms with van der Waals surface area (Å²) in [6.45, 7) is 3.79. The molecule has 1 aliphatic rings. The van der Waals surface area contributed by atoms with Gasteiger partial charge < -0.3 is 21.1 Å². The summed E-state index contributed by atoms with van der Waals surface area (Å²) in [5.74, 6) is 0.939. The van der Waals surface area contributed by atoms with E-state index < -0.39 is 5.91 Å². The number of nitrogens with two attached hydrogens (primary N) is 1. The lowest BCUT2D eigenvalue weighted by atomic mass is 10.0. The highest BCUT2D eigenvalue weighted by Gasteiger charge is 2.30. The molecule has 1 saturated carbocycles. The zero-order valence-electron chi connectivity index (χ0n) is 15.9. The first kappa shape index (κ1) is 19.6. The number of primary amides is 1. The quantitative estimate of drug-likeness (QED) is 0.565. The molecule has 10 nitrogen and oxygen atoms in total. The number of carbonyl (C=O) groups is 2. The van der Waals surface area contributed by atoms with Crippen LogP contribution in [0.1, 0.15) is 50.4 Å². The topological polar surface area (TPSA) is 148 Å². The zero-order valence-corrected chi connectivity index (χ0v) is 15.9. The van der Waals surface area contributed by atoms with Gasteiger partial charge in [-0.15, -0.1) is 0 Å². The highest BCUT2D eigenvalue weighted by molar-refractivity contribution is 5.76. The van der Waals surface area contributed by atoms with Gasteiger partial charge in [0, 0.05) is 23.7 Å². The third-order valence-electron chi connectivity index (χ3n) is 4.42. The molecule has 2 atom stereocenters.